The van der Waals surface area contributed by atoms with Gasteiger partial charge in [-0.1, -0.05) is 6.92 Å². The molecule has 0 aliphatic carbocycles. The summed E-state index contributed by atoms with van der Waals surface area (Å²) in [6.07, 6.45) is -8.38. The smallest absolute Gasteiger partial charge is 0.194 e. The monoisotopic (exact) mass is 530 g/mol. The summed E-state index contributed by atoms with van der Waals surface area (Å²) < 4.78 is 225. The van der Waals surface area contributed by atoms with Gasteiger partial charge in [-0.05, 0) is 17.9 Å². The molecule has 0 atom stereocenters. The number of alkyl halides is 17. The Morgan fingerprint density at radius 1 is 0.562 bits per heavy atom. The molecule has 0 bridgehead atoms. The quantitative estimate of drug-likeness (QED) is 0.302. The Bertz CT molecular complexity index is 815. The fraction of sp³-hybridized carbons (Fsp3) is 0.714. The number of halogens is 17. The largest absolute Gasteiger partial charge is 0.460 e. The van der Waals surface area contributed by atoms with Gasteiger partial charge in [0.1, 0.15) is 0 Å². The lowest BCUT2D eigenvalue weighted by Crippen LogP contribution is -2.74. The number of hydrogen-bond acceptors (Lipinski definition) is 1. The minimum Gasteiger partial charge on any atom is -0.194 e. The molecule has 0 spiro atoms. The molecule has 0 saturated carbocycles. The van der Waals surface area contributed by atoms with Crippen LogP contribution in [0.3, 0.4) is 0 Å². The predicted molar refractivity (Wildman–Crippen MR) is 73.3 cm³/mol. The number of hydrogen-bond donors (Lipinski definition) is 0. The van der Waals surface area contributed by atoms with Gasteiger partial charge in [-0.25, -0.2) is 0 Å². The molecular formula is C14H7F17S. The maximum Gasteiger partial charge on any atom is 0.460 e. The third-order valence-corrected chi connectivity index (χ3v) is 5.19. The third-order valence-electron chi connectivity index (χ3n) is 4.13. The molecule has 0 aliphatic rings. The summed E-state index contributed by atoms with van der Waals surface area (Å²) in [6.45, 7) is 0.976. The lowest BCUT2D eigenvalue weighted by Gasteiger charge is -2.42. The van der Waals surface area contributed by atoms with Crippen molar-refractivity contribution in [3.63, 3.8) is 0 Å². The molecule has 1 aromatic heterocycles. The van der Waals surface area contributed by atoms with Gasteiger partial charge >= 0.3 is 47.6 Å². The standard InChI is InChI=1S/C14H7F17S/c1-2-6-5(3-4-32-6)7(15,16)8(17,18)9(19,20)10(21,22)11(23,24)12(25,26)13(27,28)14(29,30)31/h3-4H,2H2,1H3. The molecule has 32 heavy (non-hydrogen) atoms. The minimum atomic E-state index is -8.61. The highest BCUT2D eigenvalue weighted by molar-refractivity contribution is 7.10. The van der Waals surface area contributed by atoms with Crippen molar-refractivity contribution >= 4 is 11.3 Å². The van der Waals surface area contributed by atoms with E-state index in [1.165, 1.54) is 0 Å². The Balaban J connectivity index is 3.72. The van der Waals surface area contributed by atoms with Crippen LogP contribution < -0.4 is 0 Å². The van der Waals surface area contributed by atoms with Crippen molar-refractivity contribution in [2.75, 3.05) is 0 Å². The molecule has 0 aliphatic heterocycles. The van der Waals surface area contributed by atoms with Crippen molar-refractivity contribution in [3.05, 3.63) is 21.9 Å². The lowest BCUT2D eigenvalue weighted by atomic mass is 9.87. The second-order valence-electron chi connectivity index (χ2n) is 6.13. The maximum absolute atomic E-state index is 14.0. The summed E-state index contributed by atoms with van der Waals surface area (Å²) in [7, 11) is 0. The second kappa shape index (κ2) is 7.51. The van der Waals surface area contributed by atoms with Gasteiger partial charge in [-0.2, -0.15) is 74.6 Å². The van der Waals surface area contributed by atoms with Gasteiger partial charge in [-0.15, -0.1) is 11.3 Å². The van der Waals surface area contributed by atoms with Crippen molar-refractivity contribution in [2.45, 2.75) is 61.0 Å². The zero-order valence-corrected chi connectivity index (χ0v) is 15.5. The summed E-state index contributed by atoms with van der Waals surface area (Å²) >= 11 is 0.188. The summed E-state index contributed by atoms with van der Waals surface area (Å²) in [5, 5.41) is 0.557. The van der Waals surface area contributed by atoms with Crippen LogP contribution in [-0.2, 0) is 12.3 Å². The summed E-state index contributed by atoms with van der Waals surface area (Å²) in [5.41, 5.74) is -2.11. The van der Waals surface area contributed by atoms with E-state index in [2.05, 4.69) is 0 Å². The molecule has 18 heteroatoms. The van der Waals surface area contributed by atoms with Crippen LogP contribution in [0.25, 0.3) is 0 Å². The first kappa shape index (κ1) is 28.5. The van der Waals surface area contributed by atoms with E-state index in [4.69, 9.17) is 0 Å². The molecule has 0 fully saturated rings. The zero-order chi connectivity index (χ0) is 26.0. The first-order valence-electron chi connectivity index (χ1n) is 7.59. The van der Waals surface area contributed by atoms with Gasteiger partial charge < -0.3 is 0 Å². The van der Waals surface area contributed by atoms with Crippen LogP contribution in [0, 0.1) is 0 Å². The van der Waals surface area contributed by atoms with E-state index in [-0.39, 0.29) is 17.4 Å². The van der Waals surface area contributed by atoms with Gasteiger partial charge in [-0.3, -0.25) is 0 Å². The second-order valence-corrected chi connectivity index (χ2v) is 7.13. The summed E-state index contributed by atoms with van der Waals surface area (Å²) in [4.78, 5) is -0.866. The first-order valence-corrected chi connectivity index (χ1v) is 8.46. The molecule has 0 saturated heterocycles. The average Bonchev–Trinajstić information content (AvgIpc) is 3.09. The SMILES string of the molecule is CCc1sccc1C(F)(F)C(F)(F)C(F)(F)C(F)(F)C(F)(F)C(F)(F)C(F)(F)C(F)(F)F. The fourth-order valence-corrected chi connectivity index (χ4v) is 3.09. The number of thiophene rings is 1. The molecule has 1 aromatic rings. The normalized spacial score (nSPS) is 15.9. The van der Waals surface area contributed by atoms with E-state index >= 15 is 0 Å². The molecule has 0 aromatic carbocycles. The Kier molecular flexibility index (Phi) is 6.70. The molecule has 188 valence electrons. The Morgan fingerprint density at radius 3 is 1.25 bits per heavy atom. The van der Waals surface area contributed by atoms with E-state index in [1.807, 2.05) is 0 Å². The topological polar surface area (TPSA) is 0 Å². The van der Waals surface area contributed by atoms with Gasteiger partial charge in [0.2, 0.25) is 0 Å². The lowest BCUT2D eigenvalue weighted by molar-refractivity contribution is -0.462. The zero-order valence-electron chi connectivity index (χ0n) is 14.7. The molecule has 0 unspecified atom stereocenters. The van der Waals surface area contributed by atoms with Crippen LogP contribution in [0.5, 0.6) is 0 Å². The first-order chi connectivity index (χ1) is 13.8. The van der Waals surface area contributed by atoms with Crippen LogP contribution in [0.2, 0.25) is 0 Å². The molecule has 0 N–H and O–H groups in total. The molecular weight excluding hydrogens is 523 g/mol. The van der Waals surface area contributed by atoms with Crippen LogP contribution in [0.15, 0.2) is 11.4 Å². The third kappa shape index (κ3) is 3.41. The van der Waals surface area contributed by atoms with Crippen LogP contribution in [0.1, 0.15) is 17.4 Å². The predicted octanol–water partition coefficient (Wildman–Crippen LogP) is 7.78. The fourth-order valence-electron chi connectivity index (χ4n) is 2.23. The maximum atomic E-state index is 14.0. The van der Waals surface area contributed by atoms with Gasteiger partial charge in [0, 0.05) is 10.4 Å². The van der Waals surface area contributed by atoms with Gasteiger partial charge in [0.05, 0.1) is 0 Å². The number of rotatable bonds is 8. The summed E-state index contributed by atoms with van der Waals surface area (Å²) in [6, 6.07) is -0.0177. The van der Waals surface area contributed by atoms with Crippen molar-refractivity contribution in [1.82, 2.24) is 0 Å². The highest BCUT2D eigenvalue weighted by Crippen LogP contribution is 2.65. The van der Waals surface area contributed by atoms with Gasteiger partial charge in [0.15, 0.2) is 0 Å². The molecule has 0 radical (unpaired) electrons. The molecule has 0 nitrogen and oxygen atoms in total. The Labute approximate surface area is 170 Å². The highest BCUT2D eigenvalue weighted by Gasteiger charge is 2.95. The van der Waals surface area contributed by atoms with E-state index < -0.39 is 64.5 Å². The number of aryl methyl sites for hydroxylation is 1. The molecule has 0 amide bonds. The van der Waals surface area contributed by atoms with E-state index in [1.54, 1.807) is 0 Å². The van der Waals surface area contributed by atoms with Crippen molar-refractivity contribution in [3.8, 4) is 0 Å². The Morgan fingerprint density at radius 2 is 0.906 bits per heavy atom. The summed E-state index contributed by atoms with van der Waals surface area (Å²) in [5.74, 6) is -56.2. The van der Waals surface area contributed by atoms with E-state index in [9.17, 15) is 74.6 Å². The highest BCUT2D eigenvalue weighted by atomic mass is 32.1. The molecule has 1 rings (SSSR count). The average molecular weight is 530 g/mol. The Hall–Kier alpha value is -1.49. The van der Waals surface area contributed by atoms with E-state index in [0.29, 0.717) is 5.38 Å². The van der Waals surface area contributed by atoms with E-state index in [0.717, 1.165) is 6.92 Å². The van der Waals surface area contributed by atoms with Crippen LogP contribution in [-0.4, -0.2) is 41.7 Å². The van der Waals surface area contributed by atoms with Crippen LogP contribution in [0.4, 0.5) is 74.6 Å². The molecule has 1 heterocycles. The van der Waals surface area contributed by atoms with Crippen molar-refractivity contribution in [2.24, 2.45) is 0 Å². The minimum absolute atomic E-state index is 0.0177. The van der Waals surface area contributed by atoms with Crippen molar-refractivity contribution in [1.29, 1.82) is 0 Å². The van der Waals surface area contributed by atoms with Gasteiger partial charge in [0.25, 0.3) is 0 Å². The van der Waals surface area contributed by atoms with Crippen molar-refractivity contribution < 1.29 is 74.6 Å². The van der Waals surface area contributed by atoms with Crippen LogP contribution >= 0.6 is 11.3 Å².